The quantitative estimate of drug-likeness (QED) is 0.658. The second-order valence-electron chi connectivity index (χ2n) is 10.6. The summed E-state index contributed by atoms with van der Waals surface area (Å²) in [6.45, 7) is 4.59. The third-order valence-electron chi connectivity index (χ3n) is 7.72. The lowest BCUT2D eigenvalue weighted by Crippen LogP contribution is -2.58. The van der Waals surface area contributed by atoms with Crippen molar-refractivity contribution in [2.45, 2.75) is 64.5 Å². The molecule has 2 atom stereocenters. The van der Waals surface area contributed by atoms with Gasteiger partial charge < -0.3 is 15.5 Å². The van der Waals surface area contributed by atoms with Gasteiger partial charge in [-0.05, 0) is 87.7 Å². The minimum Gasteiger partial charge on any atom is -0.352 e. The van der Waals surface area contributed by atoms with E-state index >= 15 is 0 Å². The highest BCUT2D eigenvalue weighted by Gasteiger charge is 2.55. The van der Waals surface area contributed by atoms with Crippen LogP contribution in [0.5, 0.6) is 0 Å². The van der Waals surface area contributed by atoms with Crippen molar-refractivity contribution in [2.75, 3.05) is 20.6 Å². The Morgan fingerprint density at radius 1 is 1.13 bits per heavy atom. The summed E-state index contributed by atoms with van der Waals surface area (Å²) in [4.78, 5) is 29.9. The van der Waals surface area contributed by atoms with Crippen molar-refractivity contribution in [3.05, 3.63) is 22.4 Å². The lowest BCUT2D eigenvalue weighted by molar-refractivity contribution is -0.149. The first-order valence-corrected chi connectivity index (χ1v) is 12.4. The Hall–Kier alpha value is -1.40. The third-order valence-corrected chi connectivity index (χ3v) is 8.69. The van der Waals surface area contributed by atoms with E-state index in [0.29, 0.717) is 6.54 Å². The number of likely N-dealkylation sites (N-methyl/N-ethyl adjacent to an activating group) is 1. The number of nitrogens with zero attached hydrogens (tertiary/aromatic N) is 1. The molecule has 2 amide bonds. The van der Waals surface area contributed by atoms with Gasteiger partial charge in [0.2, 0.25) is 11.8 Å². The first kappa shape index (κ1) is 21.8. The largest absolute Gasteiger partial charge is 0.352 e. The Morgan fingerprint density at radius 2 is 1.73 bits per heavy atom. The van der Waals surface area contributed by atoms with Gasteiger partial charge in [-0.15, -0.1) is 11.3 Å². The smallest absolute Gasteiger partial charge is 0.242 e. The van der Waals surface area contributed by atoms with E-state index in [0.717, 1.165) is 37.0 Å². The minimum atomic E-state index is -0.475. The first-order chi connectivity index (χ1) is 14.3. The number of thiophene rings is 1. The number of amides is 2. The summed E-state index contributed by atoms with van der Waals surface area (Å²) in [7, 11) is 4.07. The normalized spacial score (nSPS) is 31.7. The number of carbonyl (C=O) groups excluding carboxylic acids is 2. The highest BCUT2D eigenvalue weighted by atomic mass is 32.1. The van der Waals surface area contributed by atoms with Crippen LogP contribution in [-0.4, -0.2) is 43.4 Å². The van der Waals surface area contributed by atoms with Crippen molar-refractivity contribution < 1.29 is 9.59 Å². The van der Waals surface area contributed by atoms with Crippen LogP contribution in [0.2, 0.25) is 0 Å². The average molecular weight is 432 g/mol. The summed E-state index contributed by atoms with van der Waals surface area (Å²) in [6.07, 6.45) is 7.02. The fraction of sp³-hybridized carbons (Fsp3) is 0.750. The Balaban J connectivity index is 1.40. The standard InChI is InChI=1S/C24H37N3O2S/c1-15(2)21(22(28)25-14-19(27(3)4)20-6-5-7-30-20)26-23(29)24-11-16-8-17(12-24)10-18(9-16)13-24/h5-7,15-19,21H,8-14H2,1-4H3,(H,25,28)(H,26,29). The van der Waals surface area contributed by atoms with E-state index in [4.69, 9.17) is 0 Å². The molecule has 30 heavy (non-hydrogen) atoms. The molecule has 5 nitrogen and oxygen atoms in total. The molecule has 0 spiro atoms. The van der Waals surface area contributed by atoms with E-state index in [1.54, 1.807) is 11.3 Å². The lowest BCUT2D eigenvalue weighted by Gasteiger charge is -2.55. The number of carbonyl (C=O) groups is 2. The minimum absolute atomic E-state index is 0.0578. The van der Waals surface area contributed by atoms with Crippen LogP contribution in [0, 0.1) is 29.1 Å². The van der Waals surface area contributed by atoms with Crippen LogP contribution >= 0.6 is 11.3 Å². The highest BCUT2D eigenvalue weighted by molar-refractivity contribution is 7.10. The zero-order valence-corrected chi connectivity index (χ0v) is 19.6. The molecule has 1 heterocycles. The molecule has 4 saturated carbocycles. The van der Waals surface area contributed by atoms with Gasteiger partial charge in [-0.2, -0.15) is 0 Å². The van der Waals surface area contributed by atoms with Gasteiger partial charge in [0.15, 0.2) is 0 Å². The second-order valence-corrected chi connectivity index (χ2v) is 11.6. The van der Waals surface area contributed by atoms with E-state index in [9.17, 15) is 9.59 Å². The Morgan fingerprint density at radius 3 is 2.20 bits per heavy atom. The van der Waals surface area contributed by atoms with Gasteiger partial charge in [0.25, 0.3) is 0 Å². The maximum Gasteiger partial charge on any atom is 0.242 e. The molecule has 4 bridgehead atoms. The number of rotatable bonds is 8. The van der Waals surface area contributed by atoms with Crippen LogP contribution in [0.3, 0.4) is 0 Å². The highest BCUT2D eigenvalue weighted by Crippen LogP contribution is 2.60. The number of hydrogen-bond acceptors (Lipinski definition) is 4. The van der Waals surface area contributed by atoms with Gasteiger partial charge in [-0.1, -0.05) is 19.9 Å². The van der Waals surface area contributed by atoms with Crippen molar-refractivity contribution in [1.82, 2.24) is 15.5 Å². The van der Waals surface area contributed by atoms with Gasteiger partial charge in [-0.25, -0.2) is 0 Å². The Kier molecular flexibility index (Phi) is 6.27. The molecule has 6 heteroatoms. The van der Waals surface area contributed by atoms with Gasteiger partial charge in [0.05, 0.1) is 6.04 Å². The number of nitrogens with one attached hydrogen (secondary N) is 2. The van der Waals surface area contributed by atoms with Crippen molar-refractivity contribution in [3.63, 3.8) is 0 Å². The number of hydrogen-bond donors (Lipinski definition) is 2. The summed E-state index contributed by atoms with van der Waals surface area (Å²) in [6, 6.07) is 3.81. The van der Waals surface area contributed by atoms with E-state index in [2.05, 4.69) is 27.0 Å². The SMILES string of the molecule is CC(C)C(NC(=O)C12CC3CC(CC(C3)C1)C2)C(=O)NCC(c1cccs1)N(C)C. The summed E-state index contributed by atoms with van der Waals surface area (Å²) < 4.78 is 0. The lowest BCUT2D eigenvalue weighted by atomic mass is 9.49. The van der Waals surface area contributed by atoms with Gasteiger partial charge in [0.1, 0.15) is 6.04 Å². The zero-order chi connectivity index (χ0) is 21.5. The summed E-state index contributed by atoms with van der Waals surface area (Å²) >= 11 is 1.71. The average Bonchev–Trinajstić information content (AvgIpc) is 3.18. The second kappa shape index (κ2) is 8.62. The van der Waals surface area contributed by atoms with Crippen LogP contribution in [-0.2, 0) is 9.59 Å². The van der Waals surface area contributed by atoms with Crippen LogP contribution in [0.4, 0.5) is 0 Å². The summed E-state index contributed by atoms with van der Waals surface area (Å²) in [5, 5.41) is 8.39. The van der Waals surface area contributed by atoms with E-state index in [1.165, 1.54) is 24.1 Å². The molecular formula is C24H37N3O2S. The molecular weight excluding hydrogens is 394 g/mol. The summed E-state index contributed by atoms with van der Waals surface area (Å²) in [5.41, 5.74) is -0.217. The molecule has 0 aromatic carbocycles. The third kappa shape index (κ3) is 4.31. The zero-order valence-electron chi connectivity index (χ0n) is 18.8. The maximum absolute atomic E-state index is 13.5. The molecule has 1 aromatic rings. The molecule has 4 aliphatic carbocycles. The Labute approximate surface area is 185 Å². The van der Waals surface area contributed by atoms with E-state index in [1.807, 2.05) is 34.0 Å². The van der Waals surface area contributed by atoms with Crippen molar-refractivity contribution >= 4 is 23.2 Å². The predicted molar refractivity (Wildman–Crippen MR) is 121 cm³/mol. The van der Waals surface area contributed by atoms with Crippen molar-refractivity contribution in [2.24, 2.45) is 29.1 Å². The van der Waals surface area contributed by atoms with Crippen molar-refractivity contribution in [3.8, 4) is 0 Å². The van der Waals surface area contributed by atoms with E-state index < -0.39 is 6.04 Å². The molecule has 1 aromatic heterocycles. The predicted octanol–water partition coefficient (Wildman–Crippen LogP) is 3.82. The fourth-order valence-corrected chi connectivity index (χ4v) is 7.47. The van der Waals surface area contributed by atoms with Crippen molar-refractivity contribution in [1.29, 1.82) is 0 Å². The molecule has 2 N–H and O–H groups in total. The molecule has 0 saturated heterocycles. The molecule has 4 aliphatic rings. The topological polar surface area (TPSA) is 61.4 Å². The van der Waals surface area contributed by atoms with Crippen LogP contribution in [0.25, 0.3) is 0 Å². The van der Waals surface area contributed by atoms with Crippen LogP contribution in [0.15, 0.2) is 17.5 Å². The van der Waals surface area contributed by atoms with Crippen LogP contribution in [0.1, 0.15) is 63.3 Å². The first-order valence-electron chi connectivity index (χ1n) is 11.6. The molecule has 5 rings (SSSR count). The monoisotopic (exact) mass is 431 g/mol. The van der Waals surface area contributed by atoms with Crippen LogP contribution < -0.4 is 10.6 Å². The molecule has 0 aliphatic heterocycles. The van der Waals surface area contributed by atoms with Gasteiger partial charge >= 0.3 is 0 Å². The Bertz CT molecular complexity index is 723. The molecule has 2 unspecified atom stereocenters. The van der Waals surface area contributed by atoms with Gasteiger partial charge in [0, 0.05) is 16.8 Å². The summed E-state index contributed by atoms with van der Waals surface area (Å²) in [5.74, 6) is 2.30. The molecule has 4 fully saturated rings. The molecule has 166 valence electrons. The maximum atomic E-state index is 13.5. The fourth-order valence-electron chi connectivity index (χ4n) is 6.54. The molecule has 0 radical (unpaired) electrons. The van der Waals surface area contributed by atoms with E-state index in [-0.39, 0.29) is 29.2 Å². The van der Waals surface area contributed by atoms with Gasteiger partial charge in [-0.3, -0.25) is 9.59 Å².